The number of hydrogen-bond acceptors (Lipinski definition) is 1. The molecule has 0 spiro atoms. The molecule has 0 N–H and O–H groups in total. The van der Waals surface area contributed by atoms with E-state index in [4.69, 9.17) is 11.6 Å². The van der Waals surface area contributed by atoms with E-state index in [9.17, 15) is 0 Å². The normalized spacial score (nSPS) is 11.2. The van der Waals surface area contributed by atoms with Gasteiger partial charge in [-0.3, -0.25) is 0 Å². The van der Waals surface area contributed by atoms with Gasteiger partial charge in [0.15, 0.2) is 0 Å². The predicted molar refractivity (Wildman–Crippen MR) is 76.1 cm³/mol. The lowest BCUT2D eigenvalue weighted by molar-refractivity contribution is 0.608. The molecule has 0 atom stereocenters. The number of benzene rings is 1. The third kappa shape index (κ3) is 3.36. The number of aryl methyl sites for hydroxylation is 1. The van der Waals surface area contributed by atoms with Gasteiger partial charge in [0.1, 0.15) is 5.15 Å². The standard InChI is InChI=1S/C15H19ClN2/c1-11(2)7-14-9-15(16)18(17-14)10-13-6-4-5-12(3)8-13/h4-6,8-9,11H,7,10H2,1-3H3. The molecule has 2 rings (SSSR count). The molecule has 0 aliphatic heterocycles. The minimum absolute atomic E-state index is 0.600. The van der Waals surface area contributed by atoms with E-state index in [-0.39, 0.29) is 0 Å². The van der Waals surface area contributed by atoms with Gasteiger partial charge in [0, 0.05) is 0 Å². The molecule has 0 unspecified atom stereocenters. The Labute approximate surface area is 114 Å². The van der Waals surface area contributed by atoms with Gasteiger partial charge in [-0.2, -0.15) is 5.10 Å². The molecule has 0 fully saturated rings. The predicted octanol–water partition coefficient (Wildman–Crippen LogP) is 4.09. The van der Waals surface area contributed by atoms with E-state index in [0.29, 0.717) is 11.1 Å². The van der Waals surface area contributed by atoms with Crippen LogP contribution in [0, 0.1) is 12.8 Å². The van der Waals surface area contributed by atoms with Gasteiger partial charge in [0.05, 0.1) is 12.2 Å². The molecule has 2 aromatic rings. The van der Waals surface area contributed by atoms with Crippen molar-refractivity contribution in [1.82, 2.24) is 9.78 Å². The van der Waals surface area contributed by atoms with E-state index < -0.39 is 0 Å². The molecule has 18 heavy (non-hydrogen) atoms. The Balaban J connectivity index is 2.16. The van der Waals surface area contributed by atoms with Gasteiger partial charge >= 0.3 is 0 Å². The Kier molecular flexibility index (Phi) is 4.07. The van der Waals surface area contributed by atoms with Crippen LogP contribution in [0.3, 0.4) is 0 Å². The summed E-state index contributed by atoms with van der Waals surface area (Å²) in [6, 6.07) is 10.4. The summed E-state index contributed by atoms with van der Waals surface area (Å²) in [5, 5.41) is 5.27. The fraction of sp³-hybridized carbons (Fsp3) is 0.400. The van der Waals surface area contributed by atoms with Crippen LogP contribution in [0.2, 0.25) is 5.15 Å². The van der Waals surface area contributed by atoms with Crippen LogP contribution in [0.5, 0.6) is 0 Å². The van der Waals surface area contributed by atoms with E-state index >= 15 is 0 Å². The molecule has 1 heterocycles. The molecule has 3 heteroatoms. The molecule has 0 radical (unpaired) electrons. The van der Waals surface area contributed by atoms with Crippen molar-refractivity contribution in [2.24, 2.45) is 5.92 Å². The van der Waals surface area contributed by atoms with Crippen molar-refractivity contribution < 1.29 is 0 Å². The number of rotatable bonds is 4. The van der Waals surface area contributed by atoms with Crippen LogP contribution >= 0.6 is 11.6 Å². The van der Waals surface area contributed by atoms with Gasteiger partial charge in [0.2, 0.25) is 0 Å². The lowest BCUT2D eigenvalue weighted by Gasteiger charge is -2.04. The van der Waals surface area contributed by atoms with Crippen LogP contribution in [-0.4, -0.2) is 9.78 Å². The zero-order valence-electron chi connectivity index (χ0n) is 11.2. The summed E-state index contributed by atoms with van der Waals surface area (Å²) in [6.07, 6.45) is 0.973. The van der Waals surface area contributed by atoms with Gasteiger partial charge in [-0.05, 0) is 30.9 Å². The number of hydrogen-bond donors (Lipinski definition) is 0. The average molecular weight is 263 g/mol. The molecule has 0 saturated heterocycles. The van der Waals surface area contributed by atoms with E-state index in [1.54, 1.807) is 0 Å². The average Bonchev–Trinajstić information content (AvgIpc) is 2.58. The molecule has 0 saturated carbocycles. The van der Waals surface area contributed by atoms with E-state index in [0.717, 1.165) is 18.7 Å². The molecule has 0 aliphatic carbocycles. The highest BCUT2D eigenvalue weighted by Crippen LogP contribution is 2.16. The zero-order valence-corrected chi connectivity index (χ0v) is 11.9. The maximum absolute atomic E-state index is 6.22. The van der Waals surface area contributed by atoms with Crippen LogP contribution in [0.25, 0.3) is 0 Å². The summed E-state index contributed by atoms with van der Waals surface area (Å²) in [7, 11) is 0. The van der Waals surface area contributed by atoms with Crippen molar-refractivity contribution >= 4 is 11.6 Å². The Morgan fingerprint density at radius 1 is 1.28 bits per heavy atom. The molecule has 96 valence electrons. The Bertz CT molecular complexity index is 529. The first-order chi connectivity index (χ1) is 8.54. The summed E-state index contributed by atoms with van der Waals surface area (Å²) in [4.78, 5) is 0. The monoisotopic (exact) mass is 262 g/mol. The van der Waals surface area contributed by atoms with Crippen LogP contribution in [-0.2, 0) is 13.0 Å². The van der Waals surface area contributed by atoms with Gasteiger partial charge in [-0.25, -0.2) is 4.68 Å². The molecule has 1 aromatic heterocycles. The number of nitrogens with zero attached hydrogens (tertiary/aromatic N) is 2. The van der Waals surface area contributed by atoms with Gasteiger partial charge in [-0.15, -0.1) is 0 Å². The van der Waals surface area contributed by atoms with Crippen molar-refractivity contribution in [3.63, 3.8) is 0 Å². The lowest BCUT2D eigenvalue weighted by Crippen LogP contribution is -2.03. The van der Waals surface area contributed by atoms with Crippen LogP contribution < -0.4 is 0 Å². The second kappa shape index (κ2) is 5.57. The summed E-state index contributed by atoms with van der Waals surface area (Å²) in [6.45, 7) is 7.21. The SMILES string of the molecule is Cc1cccc(Cn2nc(CC(C)C)cc2Cl)c1. The highest BCUT2D eigenvalue weighted by Gasteiger charge is 2.08. The lowest BCUT2D eigenvalue weighted by atomic mass is 10.1. The molecular formula is C15H19ClN2. The summed E-state index contributed by atoms with van der Waals surface area (Å²) < 4.78 is 1.87. The minimum atomic E-state index is 0.600. The van der Waals surface area contributed by atoms with E-state index in [1.165, 1.54) is 11.1 Å². The van der Waals surface area contributed by atoms with Crippen LogP contribution in [0.1, 0.15) is 30.7 Å². The first-order valence-corrected chi connectivity index (χ1v) is 6.70. The third-order valence-electron chi connectivity index (χ3n) is 2.81. The molecule has 0 amide bonds. The molecular weight excluding hydrogens is 244 g/mol. The van der Waals surface area contributed by atoms with Crippen LogP contribution in [0.4, 0.5) is 0 Å². The number of halogens is 1. The second-order valence-electron chi connectivity index (χ2n) is 5.20. The smallest absolute Gasteiger partial charge is 0.127 e. The molecule has 0 aliphatic rings. The van der Waals surface area contributed by atoms with Gasteiger partial charge < -0.3 is 0 Å². The fourth-order valence-corrected chi connectivity index (χ4v) is 2.28. The third-order valence-corrected chi connectivity index (χ3v) is 3.12. The van der Waals surface area contributed by atoms with Crippen molar-refractivity contribution in [3.8, 4) is 0 Å². The first kappa shape index (κ1) is 13.2. The topological polar surface area (TPSA) is 17.8 Å². The van der Waals surface area contributed by atoms with Crippen molar-refractivity contribution in [3.05, 3.63) is 52.3 Å². The summed E-state index contributed by atoms with van der Waals surface area (Å²) in [5.74, 6) is 0.600. The molecule has 0 bridgehead atoms. The Morgan fingerprint density at radius 2 is 2.06 bits per heavy atom. The Hall–Kier alpha value is -1.28. The zero-order chi connectivity index (χ0) is 13.1. The number of aromatic nitrogens is 2. The first-order valence-electron chi connectivity index (χ1n) is 6.32. The highest BCUT2D eigenvalue weighted by atomic mass is 35.5. The van der Waals surface area contributed by atoms with Gasteiger partial charge in [-0.1, -0.05) is 55.3 Å². The van der Waals surface area contributed by atoms with Crippen molar-refractivity contribution in [1.29, 1.82) is 0 Å². The van der Waals surface area contributed by atoms with Crippen molar-refractivity contribution in [2.45, 2.75) is 33.7 Å². The van der Waals surface area contributed by atoms with E-state index in [1.807, 2.05) is 10.7 Å². The van der Waals surface area contributed by atoms with Crippen molar-refractivity contribution in [2.75, 3.05) is 0 Å². The van der Waals surface area contributed by atoms with Gasteiger partial charge in [0.25, 0.3) is 0 Å². The quantitative estimate of drug-likeness (QED) is 0.811. The largest absolute Gasteiger partial charge is 0.249 e. The minimum Gasteiger partial charge on any atom is -0.249 e. The second-order valence-corrected chi connectivity index (χ2v) is 5.59. The summed E-state index contributed by atoms with van der Waals surface area (Å²) >= 11 is 6.22. The summed E-state index contributed by atoms with van der Waals surface area (Å²) in [5.41, 5.74) is 3.57. The Morgan fingerprint density at radius 3 is 2.72 bits per heavy atom. The highest BCUT2D eigenvalue weighted by molar-refractivity contribution is 6.29. The van der Waals surface area contributed by atoms with E-state index in [2.05, 4.69) is 50.1 Å². The maximum atomic E-state index is 6.22. The van der Waals surface area contributed by atoms with Crippen LogP contribution in [0.15, 0.2) is 30.3 Å². The molecule has 1 aromatic carbocycles. The molecule has 2 nitrogen and oxygen atoms in total. The fourth-order valence-electron chi connectivity index (χ4n) is 2.06. The maximum Gasteiger partial charge on any atom is 0.127 e.